The van der Waals surface area contributed by atoms with E-state index in [1.165, 1.54) is 0 Å². The average molecular weight is 402 g/mol. The quantitative estimate of drug-likeness (QED) is 0.563. The van der Waals surface area contributed by atoms with Crippen LogP contribution in [0.2, 0.25) is 0 Å². The zero-order valence-electron chi connectivity index (χ0n) is 17.3. The van der Waals surface area contributed by atoms with Crippen molar-refractivity contribution in [1.82, 2.24) is 0 Å². The molecule has 6 nitrogen and oxygen atoms in total. The maximum absolute atomic E-state index is 12.6. The Morgan fingerprint density at radius 3 is 2.69 bits per heavy atom. The van der Waals surface area contributed by atoms with E-state index >= 15 is 0 Å². The van der Waals surface area contributed by atoms with Crippen molar-refractivity contribution in [3.05, 3.63) is 35.9 Å². The second-order valence-electron chi connectivity index (χ2n) is 9.43. The number of esters is 1. The van der Waals surface area contributed by atoms with E-state index in [9.17, 15) is 4.79 Å². The Morgan fingerprint density at radius 1 is 1.10 bits per heavy atom. The van der Waals surface area contributed by atoms with Crippen LogP contribution >= 0.6 is 0 Å². The molecule has 1 spiro atoms. The molecule has 5 fully saturated rings. The number of hydrogen-bond acceptors (Lipinski definition) is 6. The number of benzene rings is 1. The summed E-state index contributed by atoms with van der Waals surface area (Å²) in [4.78, 5) is 24.5. The Balaban J connectivity index is 1.39. The highest BCUT2D eigenvalue weighted by Crippen LogP contribution is 2.60. The third kappa shape index (κ3) is 3.12. The topological polar surface area (TPSA) is 63.2 Å². The molecule has 0 radical (unpaired) electrons. The van der Waals surface area contributed by atoms with Gasteiger partial charge in [-0.05, 0) is 43.6 Å². The maximum Gasteiger partial charge on any atom is 0.312 e. The van der Waals surface area contributed by atoms with E-state index in [1.54, 1.807) is 0 Å². The Bertz CT molecular complexity index is 768. The molecule has 158 valence electrons. The van der Waals surface area contributed by atoms with Gasteiger partial charge in [-0.2, -0.15) is 0 Å². The van der Waals surface area contributed by atoms with E-state index in [4.69, 9.17) is 24.0 Å². The van der Waals surface area contributed by atoms with Gasteiger partial charge < -0.3 is 14.2 Å². The van der Waals surface area contributed by atoms with Crippen molar-refractivity contribution in [2.45, 2.75) is 76.8 Å². The van der Waals surface area contributed by atoms with Crippen molar-refractivity contribution < 1.29 is 28.8 Å². The largest absolute Gasteiger partial charge is 0.435 e. The van der Waals surface area contributed by atoms with Crippen molar-refractivity contribution in [2.24, 2.45) is 23.7 Å². The highest BCUT2D eigenvalue weighted by Gasteiger charge is 2.69. The van der Waals surface area contributed by atoms with Crippen LogP contribution in [0.4, 0.5) is 0 Å². The summed E-state index contributed by atoms with van der Waals surface area (Å²) in [6, 6.07) is 9.62. The summed E-state index contributed by atoms with van der Waals surface area (Å²) in [5.74, 6) is -0.146. The van der Waals surface area contributed by atoms with Crippen LogP contribution in [0.1, 0.15) is 52.0 Å². The Morgan fingerprint density at radius 2 is 1.90 bits per heavy atom. The first kappa shape index (κ1) is 19.5. The zero-order chi connectivity index (χ0) is 20.2. The lowest BCUT2D eigenvalue weighted by atomic mass is 9.58. The maximum atomic E-state index is 12.6. The summed E-state index contributed by atoms with van der Waals surface area (Å²) in [6.45, 7) is 6.27. The molecule has 0 amide bonds. The SMILES string of the molecule is C[C@@H]1CCC2[C@@H](C)[C@@H](OC(=O)Cc3ccccc3)O[C@@H]3O[C@]4(C)CCC1[C@@]23OO4. The van der Waals surface area contributed by atoms with Crippen LogP contribution in [0.3, 0.4) is 0 Å². The zero-order valence-corrected chi connectivity index (χ0v) is 17.3. The van der Waals surface area contributed by atoms with E-state index in [2.05, 4.69) is 13.8 Å². The fourth-order valence-electron chi connectivity index (χ4n) is 5.94. The van der Waals surface area contributed by atoms with Crippen LogP contribution in [0.5, 0.6) is 0 Å². The lowest BCUT2D eigenvalue weighted by molar-refractivity contribution is -0.576. The number of fused-ring (bicyclic) bond motifs is 2. The van der Waals surface area contributed by atoms with Gasteiger partial charge in [0.15, 0.2) is 11.9 Å². The minimum atomic E-state index is -0.823. The molecule has 8 atom stereocenters. The van der Waals surface area contributed by atoms with Crippen LogP contribution in [0.15, 0.2) is 30.3 Å². The number of carbonyl (C=O) groups excluding carboxylic acids is 1. The highest BCUT2D eigenvalue weighted by molar-refractivity contribution is 5.72. The summed E-state index contributed by atoms with van der Waals surface area (Å²) in [7, 11) is 0. The van der Waals surface area contributed by atoms with Gasteiger partial charge in [0.1, 0.15) is 0 Å². The van der Waals surface area contributed by atoms with Crippen LogP contribution in [-0.4, -0.2) is 29.9 Å². The second kappa shape index (κ2) is 7.05. The van der Waals surface area contributed by atoms with Gasteiger partial charge in [0.05, 0.1) is 6.42 Å². The molecule has 1 aromatic carbocycles. The van der Waals surface area contributed by atoms with E-state index in [1.807, 2.05) is 37.3 Å². The summed E-state index contributed by atoms with van der Waals surface area (Å²) >= 11 is 0. The Labute approximate surface area is 171 Å². The van der Waals surface area contributed by atoms with Gasteiger partial charge in [-0.15, -0.1) is 0 Å². The van der Waals surface area contributed by atoms with Crippen molar-refractivity contribution in [3.8, 4) is 0 Å². The molecule has 1 saturated carbocycles. The molecule has 4 aliphatic heterocycles. The fraction of sp³-hybridized carbons (Fsp3) is 0.696. The van der Waals surface area contributed by atoms with Gasteiger partial charge >= 0.3 is 5.97 Å². The van der Waals surface area contributed by atoms with Crippen molar-refractivity contribution in [1.29, 1.82) is 0 Å². The van der Waals surface area contributed by atoms with Gasteiger partial charge in [-0.1, -0.05) is 44.2 Å². The first-order valence-electron chi connectivity index (χ1n) is 10.8. The molecule has 4 heterocycles. The normalized spacial score (nSPS) is 45.9. The van der Waals surface area contributed by atoms with Crippen molar-refractivity contribution in [3.63, 3.8) is 0 Å². The fourth-order valence-corrected chi connectivity index (χ4v) is 5.94. The predicted molar refractivity (Wildman–Crippen MR) is 103 cm³/mol. The lowest BCUT2D eigenvalue weighted by Crippen LogP contribution is -2.70. The molecule has 1 aromatic rings. The second-order valence-corrected chi connectivity index (χ2v) is 9.43. The summed E-state index contributed by atoms with van der Waals surface area (Å²) in [5, 5.41) is 0. The molecule has 5 aliphatic rings. The Hall–Kier alpha value is -1.47. The third-order valence-corrected chi connectivity index (χ3v) is 7.54. The molecule has 0 N–H and O–H groups in total. The number of ether oxygens (including phenoxy) is 3. The van der Waals surface area contributed by atoms with Gasteiger partial charge in [0.2, 0.25) is 12.1 Å². The van der Waals surface area contributed by atoms with Gasteiger partial charge in [0, 0.05) is 18.3 Å². The van der Waals surface area contributed by atoms with Crippen LogP contribution in [0, 0.1) is 23.7 Å². The molecule has 1 aliphatic carbocycles. The van der Waals surface area contributed by atoms with Gasteiger partial charge in [-0.25, -0.2) is 9.78 Å². The predicted octanol–water partition coefficient (Wildman–Crippen LogP) is 3.98. The molecule has 2 bridgehead atoms. The number of hydrogen-bond donors (Lipinski definition) is 0. The molecule has 4 saturated heterocycles. The third-order valence-electron chi connectivity index (χ3n) is 7.54. The molecule has 0 aromatic heterocycles. The van der Waals surface area contributed by atoms with Crippen LogP contribution in [0.25, 0.3) is 0 Å². The van der Waals surface area contributed by atoms with E-state index in [0.29, 0.717) is 11.8 Å². The molecule has 6 rings (SSSR count). The van der Waals surface area contributed by atoms with Crippen molar-refractivity contribution >= 4 is 5.97 Å². The van der Waals surface area contributed by atoms with Crippen molar-refractivity contribution in [2.75, 3.05) is 0 Å². The first-order valence-corrected chi connectivity index (χ1v) is 10.8. The smallest absolute Gasteiger partial charge is 0.312 e. The first-order chi connectivity index (χ1) is 13.9. The monoisotopic (exact) mass is 402 g/mol. The summed E-state index contributed by atoms with van der Waals surface area (Å²) in [5.41, 5.74) is 0.299. The number of rotatable bonds is 3. The molecule has 6 heteroatoms. The average Bonchev–Trinajstić information content (AvgIpc) is 2.93. The lowest BCUT2D eigenvalue weighted by Gasteiger charge is -2.59. The summed E-state index contributed by atoms with van der Waals surface area (Å²) < 4.78 is 18.4. The van der Waals surface area contributed by atoms with Crippen LogP contribution < -0.4 is 0 Å². The Kier molecular flexibility index (Phi) is 4.74. The highest BCUT2D eigenvalue weighted by atomic mass is 17.3. The summed E-state index contributed by atoms with van der Waals surface area (Å²) in [6.07, 6.45) is 2.85. The minimum Gasteiger partial charge on any atom is -0.435 e. The number of carbonyl (C=O) groups is 1. The van der Waals surface area contributed by atoms with E-state index in [-0.39, 0.29) is 24.2 Å². The van der Waals surface area contributed by atoms with Crippen LogP contribution in [-0.2, 0) is 35.2 Å². The van der Waals surface area contributed by atoms with E-state index < -0.39 is 24.0 Å². The molecular weight excluding hydrogens is 372 g/mol. The van der Waals surface area contributed by atoms with Gasteiger partial charge in [-0.3, -0.25) is 4.79 Å². The van der Waals surface area contributed by atoms with E-state index in [0.717, 1.165) is 31.2 Å². The molecule has 29 heavy (non-hydrogen) atoms. The standard InChI is InChI=1S/C23H30O6/c1-14-9-10-18-15(2)20(25-19(24)13-16-7-5-4-6-8-16)26-21-23(18)17(14)11-12-22(3,27-21)28-29-23/h4-8,14-15,17-18,20-21H,9-13H2,1-3H3/t14-,15-,17?,18?,20+,21-,22+,23-/m1/s1. The molecule has 2 unspecified atom stereocenters. The van der Waals surface area contributed by atoms with Gasteiger partial charge in [0.25, 0.3) is 0 Å². The molecular formula is C23H30O6. The minimum absolute atomic E-state index is 0.00405.